The highest BCUT2D eigenvalue weighted by Crippen LogP contribution is 2.35. The minimum Gasteiger partial charge on any atom is -0.508 e. The van der Waals surface area contributed by atoms with Gasteiger partial charge in [-0.2, -0.15) is 0 Å². The molecule has 4 heteroatoms. The highest BCUT2D eigenvalue weighted by atomic mass is 16.5. The SMILES string of the molecule is C=CCc1ccc(OCCCC)c(C=CC(=O)c2ccc(O)cc2)c1OCCCC. The molecule has 0 bridgehead atoms. The Morgan fingerprint density at radius 3 is 2.30 bits per heavy atom. The lowest BCUT2D eigenvalue weighted by Crippen LogP contribution is -2.05. The van der Waals surface area contributed by atoms with Crippen molar-refractivity contribution in [2.45, 2.75) is 46.0 Å². The molecule has 0 saturated heterocycles. The molecular formula is C26H32O4. The normalized spacial score (nSPS) is 10.9. The smallest absolute Gasteiger partial charge is 0.185 e. The third-order valence-corrected chi connectivity index (χ3v) is 4.65. The summed E-state index contributed by atoms with van der Waals surface area (Å²) >= 11 is 0. The molecule has 0 aliphatic rings. The lowest BCUT2D eigenvalue weighted by molar-refractivity contribution is 0.104. The molecule has 160 valence electrons. The Morgan fingerprint density at radius 2 is 1.67 bits per heavy atom. The van der Waals surface area contributed by atoms with Crippen LogP contribution in [0.3, 0.4) is 0 Å². The number of aromatic hydroxyl groups is 1. The van der Waals surface area contributed by atoms with Gasteiger partial charge in [0, 0.05) is 5.56 Å². The van der Waals surface area contributed by atoms with Crippen LogP contribution >= 0.6 is 0 Å². The standard InChI is InChI=1S/C26H32O4/c1-4-7-18-29-25-17-12-21(9-6-3)26(30-19-8-5-2)23(25)15-16-24(28)20-10-13-22(27)14-11-20/h6,10-17,27H,3-5,7-9,18-19H2,1-2H3. The first-order chi connectivity index (χ1) is 14.6. The Kier molecular flexibility index (Phi) is 9.72. The van der Waals surface area contributed by atoms with Gasteiger partial charge in [0.1, 0.15) is 17.2 Å². The van der Waals surface area contributed by atoms with Crippen LogP contribution in [0, 0.1) is 0 Å². The minimum absolute atomic E-state index is 0.130. The number of hydrogen-bond donors (Lipinski definition) is 1. The highest BCUT2D eigenvalue weighted by molar-refractivity contribution is 6.07. The maximum Gasteiger partial charge on any atom is 0.185 e. The predicted molar refractivity (Wildman–Crippen MR) is 123 cm³/mol. The van der Waals surface area contributed by atoms with Crippen molar-refractivity contribution in [3.8, 4) is 17.2 Å². The quantitative estimate of drug-likeness (QED) is 0.181. The van der Waals surface area contributed by atoms with Gasteiger partial charge in [0.2, 0.25) is 0 Å². The number of benzene rings is 2. The van der Waals surface area contributed by atoms with Gasteiger partial charge in [-0.1, -0.05) is 38.8 Å². The summed E-state index contributed by atoms with van der Waals surface area (Å²) < 4.78 is 12.1. The molecule has 0 saturated carbocycles. The maximum atomic E-state index is 12.6. The third kappa shape index (κ3) is 6.80. The van der Waals surface area contributed by atoms with E-state index in [1.165, 1.54) is 18.2 Å². The van der Waals surface area contributed by atoms with E-state index < -0.39 is 0 Å². The molecular weight excluding hydrogens is 376 g/mol. The lowest BCUT2D eigenvalue weighted by Gasteiger charge is -2.17. The molecule has 0 atom stereocenters. The van der Waals surface area contributed by atoms with Gasteiger partial charge >= 0.3 is 0 Å². The van der Waals surface area contributed by atoms with E-state index in [1.54, 1.807) is 18.2 Å². The summed E-state index contributed by atoms with van der Waals surface area (Å²) in [7, 11) is 0. The summed E-state index contributed by atoms with van der Waals surface area (Å²) in [6.07, 6.45) is 9.79. The molecule has 2 rings (SSSR count). The topological polar surface area (TPSA) is 55.8 Å². The molecule has 4 nitrogen and oxygen atoms in total. The van der Waals surface area contributed by atoms with Gasteiger partial charge < -0.3 is 14.6 Å². The Bertz CT molecular complexity index is 850. The first-order valence-corrected chi connectivity index (χ1v) is 10.6. The lowest BCUT2D eigenvalue weighted by atomic mass is 10.0. The van der Waals surface area contributed by atoms with Crippen molar-refractivity contribution >= 4 is 11.9 Å². The molecule has 0 amide bonds. The Labute approximate surface area is 179 Å². The van der Waals surface area contributed by atoms with Crippen molar-refractivity contribution in [1.29, 1.82) is 0 Å². The molecule has 0 fully saturated rings. The number of phenols is 1. The molecule has 0 spiro atoms. The summed E-state index contributed by atoms with van der Waals surface area (Å²) in [5.41, 5.74) is 2.29. The highest BCUT2D eigenvalue weighted by Gasteiger charge is 2.14. The molecule has 0 radical (unpaired) electrons. The largest absolute Gasteiger partial charge is 0.508 e. The number of unbranched alkanes of at least 4 members (excludes halogenated alkanes) is 2. The van der Waals surface area contributed by atoms with Crippen LogP contribution in [0.4, 0.5) is 0 Å². The first-order valence-electron chi connectivity index (χ1n) is 10.6. The summed E-state index contributed by atoms with van der Waals surface area (Å²) in [6, 6.07) is 10.2. The monoisotopic (exact) mass is 408 g/mol. The van der Waals surface area contributed by atoms with E-state index in [-0.39, 0.29) is 11.5 Å². The summed E-state index contributed by atoms with van der Waals surface area (Å²) in [5, 5.41) is 9.44. The van der Waals surface area contributed by atoms with E-state index in [1.807, 2.05) is 18.2 Å². The second-order valence-corrected chi connectivity index (χ2v) is 7.11. The zero-order valence-corrected chi connectivity index (χ0v) is 18.0. The van der Waals surface area contributed by atoms with E-state index in [9.17, 15) is 9.90 Å². The van der Waals surface area contributed by atoms with Crippen molar-refractivity contribution < 1.29 is 19.4 Å². The number of carbonyl (C=O) groups excluding carboxylic acids is 1. The zero-order valence-electron chi connectivity index (χ0n) is 18.0. The van der Waals surface area contributed by atoms with Crippen molar-refractivity contribution in [1.82, 2.24) is 0 Å². The number of rotatable bonds is 13. The average Bonchev–Trinajstić information content (AvgIpc) is 2.75. The van der Waals surface area contributed by atoms with Crippen molar-refractivity contribution in [2.24, 2.45) is 0 Å². The zero-order chi connectivity index (χ0) is 21.8. The Balaban J connectivity index is 2.41. The van der Waals surface area contributed by atoms with Crippen LogP contribution < -0.4 is 9.47 Å². The number of hydrogen-bond acceptors (Lipinski definition) is 4. The van der Waals surface area contributed by atoms with Crippen LogP contribution in [0.5, 0.6) is 17.2 Å². The van der Waals surface area contributed by atoms with Crippen molar-refractivity contribution in [2.75, 3.05) is 13.2 Å². The van der Waals surface area contributed by atoms with Gasteiger partial charge in [-0.25, -0.2) is 0 Å². The number of allylic oxidation sites excluding steroid dienone is 2. The van der Waals surface area contributed by atoms with E-state index in [2.05, 4.69) is 20.4 Å². The molecule has 1 N–H and O–H groups in total. The molecule has 2 aromatic rings. The van der Waals surface area contributed by atoms with Gasteiger partial charge in [-0.05, 0) is 67.3 Å². The van der Waals surface area contributed by atoms with Crippen molar-refractivity contribution in [3.05, 3.63) is 71.8 Å². The number of phenolic OH excluding ortho intramolecular Hbond substituents is 1. The van der Waals surface area contributed by atoms with Crippen LogP contribution in [-0.4, -0.2) is 24.1 Å². The van der Waals surface area contributed by atoms with Gasteiger partial charge in [-0.15, -0.1) is 6.58 Å². The minimum atomic E-state index is -0.150. The summed E-state index contributed by atoms with van der Waals surface area (Å²) in [4.78, 5) is 12.6. The van der Waals surface area contributed by atoms with E-state index >= 15 is 0 Å². The van der Waals surface area contributed by atoms with Crippen LogP contribution in [0.25, 0.3) is 6.08 Å². The molecule has 0 heterocycles. The molecule has 0 aromatic heterocycles. The number of carbonyl (C=O) groups is 1. The van der Waals surface area contributed by atoms with Gasteiger partial charge in [0.25, 0.3) is 0 Å². The molecule has 0 unspecified atom stereocenters. The second kappa shape index (κ2) is 12.5. The second-order valence-electron chi connectivity index (χ2n) is 7.11. The van der Waals surface area contributed by atoms with E-state index in [0.717, 1.165) is 42.6 Å². The molecule has 0 aliphatic carbocycles. The van der Waals surface area contributed by atoms with Crippen molar-refractivity contribution in [3.63, 3.8) is 0 Å². The number of ketones is 1. The average molecular weight is 409 g/mol. The van der Waals surface area contributed by atoms with Gasteiger partial charge in [0.15, 0.2) is 5.78 Å². The van der Waals surface area contributed by atoms with Gasteiger partial charge in [-0.3, -0.25) is 4.79 Å². The maximum absolute atomic E-state index is 12.6. The molecule has 30 heavy (non-hydrogen) atoms. The van der Waals surface area contributed by atoms with Crippen LogP contribution in [-0.2, 0) is 6.42 Å². The van der Waals surface area contributed by atoms with E-state index in [4.69, 9.17) is 9.47 Å². The number of ether oxygens (including phenoxy) is 2. The first kappa shape index (κ1) is 23.3. The third-order valence-electron chi connectivity index (χ3n) is 4.65. The summed E-state index contributed by atoms with van der Waals surface area (Å²) in [6.45, 7) is 9.30. The Morgan fingerprint density at radius 1 is 1.00 bits per heavy atom. The van der Waals surface area contributed by atoms with Crippen LogP contribution in [0.15, 0.2) is 55.1 Å². The fourth-order valence-corrected chi connectivity index (χ4v) is 2.92. The molecule has 0 aliphatic heterocycles. The summed E-state index contributed by atoms with van der Waals surface area (Å²) in [5.74, 6) is 1.43. The van der Waals surface area contributed by atoms with Crippen LogP contribution in [0.2, 0.25) is 0 Å². The van der Waals surface area contributed by atoms with Gasteiger partial charge in [0.05, 0.1) is 18.8 Å². The van der Waals surface area contributed by atoms with Crippen LogP contribution in [0.1, 0.15) is 61.0 Å². The van der Waals surface area contributed by atoms with E-state index in [0.29, 0.717) is 30.9 Å². The predicted octanol–water partition coefficient (Wildman–Crippen LogP) is 6.37. The Hall–Kier alpha value is -3.01. The fourth-order valence-electron chi connectivity index (χ4n) is 2.92. The fraction of sp³-hybridized carbons (Fsp3) is 0.346. The molecule has 2 aromatic carbocycles.